The fourth-order valence-electron chi connectivity index (χ4n) is 2.19. The van der Waals surface area contributed by atoms with Gasteiger partial charge in [0.1, 0.15) is 0 Å². The molecule has 1 atom stereocenters. The lowest BCUT2D eigenvalue weighted by molar-refractivity contribution is 0.446. The van der Waals surface area contributed by atoms with Gasteiger partial charge in [0.15, 0.2) is 0 Å². The van der Waals surface area contributed by atoms with E-state index in [0.29, 0.717) is 0 Å². The second-order valence-electron chi connectivity index (χ2n) is 4.79. The van der Waals surface area contributed by atoms with Gasteiger partial charge in [-0.1, -0.05) is 6.92 Å². The van der Waals surface area contributed by atoms with Gasteiger partial charge < -0.3 is 5.32 Å². The van der Waals surface area contributed by atoms with Crippen LogP contribution in [0.2, 0.25) is 0 Å². The van der Waals surface area contributed by atoms with Crippen LogP contribution >= 0.6 is 11.3 Å². The zero-order chi connectivity index (χ0) is 11.5. The first kappa shape index (κ1) is 12.1. The van der Waals surface area contributed by atoms with Gasteiger partial charge in [-0.15, -0.1) is 11.3 Å². The van der Waals surface area contributed by atoms with Crippen molar-refractivity contribution in [3.05, 3.63) is 15.6 Å². The average Bonchev–Trinajstić information content (AvgIpc) is 3.02. The number of aromatic nitrogens is 1. The van der Waals surface area contributed by atoms with Gasteiger partial charge in [-0.05, 0) is 45.6 Å². The lowest BCUT2D eigenvalue weighted by atomic mass is 10.1. The van der Waals surface area contributed by atoms with E-state index in [1.165, 1.54) is 34.8 Å². The van der Waals surface area contributed by atoms with E-state index in [4.69, 9.17) is 0 Å². The van der Waals surface area contributed by atoms with Gasteiger partial charge in [-0.2, -0.15) is 0 Å². The lowest BCUT2D eigenvalue weighted by Gasteiger charge is -2.16. The third-order valence-electron chi connectivity index (χ3n) is 3.40. The first-order valence-electron chi connectivity index (χ1n) is 6.37. The monoisotopic (exact) mass is 238 g/mol. The number of hydrogen-bond donors (Lipinski definition) is 1. The molecular formula is C13H22N2S. The molecule has 16 heavy (non-hydrogen) atoms. The molecule has 1 saturated carbocycles. The molecule has 0 spiro atoms. The highest BCUT2D eigenvalue weighted by atomic mass is 32.1. The summed E-state index contributed by atoms with van der Waals surface area (Å²) in [5.74, 6) is 0.946. The summed E-state index contributed by atoms with van der Waals surface area (Å²) in [6.07, 6.45) is 5.25. The van der Waals surface area contributed by atoms with Crippen molar-refractivity contribution in [1.82, 2.24) is 10.3 Å². The van der Waals surface area contributed by atoms with Crippen molar-refractivity contribution in [3.63, 3.8) is 0 Å². The molecule has 1 unspecified atom stereocenters. The van der Waals surface area contributed by atoms with Crippen molar-refractivity contribution in [2.24, 2.45) is 5.92 Å². The van der Waals surface area contributed by atoms with Crippen LogP contribution in [0.4, 0.5) is 0 Å². The van der Waals surface area contributed by atoms with Crippen molar-refractivity contribution in [1.29, 1.82) is 0 Å². The van der Waals surface area contributed by atoms with E-state index in [1.54, 1.807) is 0 Å². The highest BCUT2D eigenvalue weighted by molar-refractivity contribution is 7.11. The Morgan fingerprint density at radius 3 is 2.69 bits per heavy atom. The SMILES string of the molecule is CCNC(CCc1nc(C)c(C)s1)C1CC1. The fourth-order valence-corrected chi connectivity index (χ4v) is 3.14. The number of hydrogen-bond acceptors (Lipinski definition) is 3. The van der Waals surface area contributed by atoms with Gasteiger partial charge in [0.05, 0.1) is 10.7 Å². The highest BCUT2D eigenvalue weighted by Crippen LogP contribution is 2.34. The summed E-state index contributed by atoms with van der Waals surface area (Å²) < 4.78 is 0. The number of nitrogens with zero attached hydrogens (tertiary/aromatic N) is 1. The molecule has 2 rings (SSSR count). The van der Waals surface area contributed by atoms with Crippen LogP contribution in [0, 0.1) is 19.8 Å². The van der Waals surface area contributed by atoms with Crippen molar-refractivity contribution in [3.8, 4) is 0 Å². The molecular weight excluding hydrogens is 216 g/mol. The minimum atomic E-state index is 0.731. The molecule has 0 aliphatic heterocycles. The molecule has 0 bridgehead atoms. The van der Waals surface area contributed by atoms with Crippen LogP contribution in [-0.2, 0) is 6.42 Å². The van der Waals surface area contributed by atoms with Gasteiger partial charge in [-0.25, -0.2) is 4.98 Å². The van der Waals surface area contributed by atoms with Crippen molar-refractivity contribution in [2.75, 3.05) is 6.54 Å². The summed E-state index contributed by atoms with van der Waals surface area (Å²) >= 11 is 1.87. The van der Waals surface area contributed by atoms with E-state index in [-0.39, 0.29) is 0 Å². The minimum absolute atomic E-state index is 0.731. The lowest BCUT2D eigenvalue weighted by Crippen LogP contribution is -2.31. The molecule has 0 aromatic carbocycles. The normalized spacial score (nSPS) is 17.7. The average molecular weight is 238 g/mol. The van der Waals surface area contributed by atoms with E-state index in [2.05, 4.69) is 31.1 Å². The molecule has 1 N–H and O–H groups in total. The molecule has 1 heterocycles. The van der Waals surface area contributed by atoms with E-state index in [9.17, 15) is 0 Å². The Labute approximate surface area is 102 Å². The first-order valence-corrected chi connectivity index (χ1v) is 7.18. The van der Waals surface area contributed by atoms with Gasteiger partial charge >= 0.3 is 0 Å². The smallest absolute Gasteiger partial charge is 0.0931 e. The van der Waals surface area contributed by atoms with Crippen LogP contribution in [0.3, 0.4) is 0 Å². The van der Waals surface area contributed by atoms with Crippen LogP contribution in [-0.4, -0.2) is 17.6 Å². The van der Waals surface area contributed by atoms with Gasteiger partial charge in [0, 0.05) is 17.3 Å². The van der Waals surface area contributed by atoms with Crippen LogP contribution < -0.4 is 5.32 Å². The second kappa shape index (κ2) is 5.28. The highest BCUT2D eigenvalue weighted by Gasteiger charge is 2.30. The number of nitrogens with one attached hydrogen (secondary N) is 1. The summed E-state index contributed by atoms with van der Waals surface area (Å²) in [5.41, 5.74) is 1.21. The molecule has 1 aliphatic rings. The molecule has 0 saturated heterocycles. The third kappa shape index (κ3) is 3.05. The zero-order valence-electron chi connectivity index (χ0n) is 10.5. The maximum absolute atomic E-state index is 4.61. The largest absolute Gasteiger partial charge is 0.314 e. The van der Waals surface area contributed by atoms with Crippen LogP contribution in [0.25, 0.3) is 0 Å². The summed E-state index contributed by atoms with van der Waals surface area (Å²) in [6, 6.07) is 0.731. The maximum atomic E-state index is 4.61. The molecule has 90 valence electrons. The molecule has 3 heteroatoms. The van der Waals surface area contributed by atoms with E-state index in [1.807, 2.05) is 11.3 Å². The van der Waals surface area contributed by atoms with Crippen LogP contribution in [0.15, 0.2) is 0 Å². The van der Waals surface area contributed by atoms with Crippen LogP contribution in [0.1, 0.15) is 41.8 Å². The van der Waals surface area contributed by atoms with E-state index in [0.717, 1.165) is 24.9 Å². The molecule has 1 aliphatic carbocycles. The Kier molecular flexibility index (Phi) is 3.98. The van der Waals surface area contributed by atoms with E-state index >= 15 is 0 Å². The van der Waals surface area contributed by atoms with Gasteiger partial charge in [0.25, 0.3) is 0 Å². The standard InChI is InChI=1S/C13H22N2S/c1-4-14-12(11-5-6-11)7-8-13-15-9(2)10(3)16-13/h11-12,14H,4-8H2,1-3H3. The Hall–Kier alpha value is -0.410. The van der Waals surface area contributed by atoms with E-state index < -0.39 is 0 Å². The van der Waals surface area contributed by atoms with Crippen LogP contribution in [0.5, 0.6) is 0 Å². The number of aryl methyl sites for hydroxylation is 3. The summed E-state index contributed by atoms with van der Waals surface area (Å²) in [4.78, 5) is 5.99. The zero-order valence-corrected chi connectivity index (χ0v) is 11.4. The minimum Gasteiger partial charge on any atom is -0.314 e. The third-order valence-corrected chi connectivity index (χ3v) is 4.53. The first-order chi connectivity index (χ1) is 7.70. The number of rotatable bonds is 6. The van der Waals surface area contributed by atoms with Gasteiger partial charge in [-0.3, -0.25) is 0 Å². The molecule has 0 amide bonds. The fraction of sp³-hybridized carbons (Fsp3) is 0.769. The van der Waals surface area contributed by atoms with Crippen molar-refractivity contribution in [2.45, 2.75) is 52.5 Å². The molecule has 0 radical (unpaired) electrons. The quantitative estimate of drug-likeness (QED) is 0.824. The summed E-state index contributed by atoms with van der Waals surface area (Å²) in [5, 5.41) is 4.93. The predicted octanol–water partition coefficient (Wildman–Crippen LogP) is 3.08. The number of thiazole rings is 1. The van der Waals surface area contributed by atoms with Crippen molar-refractivity contribution < 1.29 is 0 Å². The summed E-state index contributed by atoms with van der Waals surface area (Å²) in [7, 11) is 0. The van der Waals surface area contributed by atoms with Crippen molar-refractivity contribution >= 4 is 11.3 Å². The van der Waals surface area contributed by atoms with Gasteiger partial charge in [0.2, 0.25) is 0 Å². The Morgan fingerprint density at radius 1 is 1.44 bits per heavy atom. The molecule has 1 aromatic rings. The topological polar surface area (TPSA) is 24.9 Å². The molecule has 2 nitrogen and oxygen atoms in total. The predicted molar refractivity (Wildman–Crippen MR) is 70.1 cm³/mol. The Morgan fingerprint density at radius 2 is 2.19 bits per heavy atom. The Bertz CT molecular complexity index is 322. The maximum Gasteiger partial charge on any atom is 0.0931 e. The molecule has 1 aromatic heterocycles. The summed E-state index contributed by atoms with van der Waals surface area (Å²) in [6.45, 7) is 7.57. The molecule has 1 fully saturated rings. The Balaban J connectivity index is 1.84. The second-order valence-corrected chi connectivity index (χ2v) is 6.08.